The van der Waals surface area contributed by atoms with Gasteiger partial charge in [-0.1, -0.05) is 255 Å². The Morgan fingerprint density at radius 2 is 0.239 bits per heavy atom. The lowest BCUT2D eigenvalue weighted by Crippen LogP contribution is -1.86. The lowest BCUT2D eigenvalue weighted by molar-refractivity contribution is 1.01. The van der Waals surface area contributed by atoms with E-state index in [2.05, 4.69) is 512 Å². The van der Waals surface area contributed by atoms with Crippen molar-refractivity contribution in [1.82, 2.24) is 27.4 Å². The highest BCUT2D eigenvalue weighted by molar-refractivity contribution is 6.29. The minimum atomic E-state index is 1.30. The van der Waals surface area contributed by atoms with Crippen molar-refractivity contribution in [3.8, 4) is 0 Å². The van der Waals surface area contributed by atoms with Gasteiger partial charge in [-0.25, -0.2) is 0 Å². The Bertz CT molecular complexity index is 8880. The molecule has 24 aromatic carbocycles. The summed E-state index contributed by atoms with van der Waals surface area (Å²) < 4.78 is 13.9. The average Bonchev–Trinajstić information content (AvgIpc) is 1.58. The van der Waals surface area contributed by atoms with Crippen molar-refractivity contribution in [1.29, 1.82) is 0 Å². The van der Waals surface area contributed by atoms with Gasteiger partial charge in [-0.05, 0) is 350 Å². The van der Waals surface area contributed by atoms with Crippen molar-refractivity contribution in [2.24, 2.45) is 42.3 Å². The molecule has 30 aromatic rings. The topological polar surface area (TPSA) is 29.6 Å². The second-order valence-electron chi connectivity index (χ2n) is 38.8. The van der Waals surface area contributed by atoms with E-state index in [1.807, 2.05) is 0 Å². The third-order valence-corrected chi connectivity index (χ3v) is 30.1. The molecular formula is C132H102N6. The van der Waals surface area contributed by atoms with Crippen molar-refractivity contribution in [3.05, 3.63) is 434 Å². The van der Waals surface area contributed by atoms with Crippen molar-refractivity contribution >= 4 is 260 Å². The second kappa shape index (κ2) is 32.5. The minimum absolute atomic E-state index is 1.30. The van der Waals surface area contributed by atoms with Crippen LogP contribution in [0, 0.1) is 41.5 Å². The van der Waals surface area contributed by atoms with Gasteiger partial charge < -0.3 is 27.4 Å². The van der Waals surface area contributed by atoms with Gasteiger partial charge in [-0.2, -0.15) is 0 Å². The summed E-state index contributed by atoms with van der Waals surface area (Å²) in [4.78, 5) is 0. The summed E-state index contributed by atoms with van der Waals surface area (Å²) in [6, 6.07) is 147. The molecule has 0 bridgehead atoms. The highest BCUT2D eigenvalue weighted by atomic mass is 15.0. The van der Waals surface area contributed by atoms with Gasteiger partial charge in [-0.3, -0.25) is 0 Å². The van der Waals surface area contributed by atoms with Crippen LogP contribution in [0.3, 0.4) is 0 Å². The molecule has 0 spiro atoms. The molecule has 0 saturated heterocycles. The fourth-order valence-corrected chi connectivity index (χ4v) is 23.0. The Balaban J connectivity index is 0.0000000878. The molecule has 138 heavy (non-hydrogen) atoms. The first kappa shape index (κ1) is 83.1. The van der Waals surface area contributed by atoms with Gasteiger partial charge >= 0.3 is 0 Å². The van der Waals surface area contributed by atoms with Gasteiger partial charge in [0.2, 0.25) is 0 Å². The largest absolute Gasteiger partial charge is 0.344 e. The molecule has 0 N–H and O–H groups in total. The molecule has 0 fully saturated rings. The van der Waals surface area contributed by atoms with Crippen LogP contribution in [-0.4, -0.2) is 27.4 Å². The maximum Gasteiger partial charge on any atom is 0.0495 e. The summed E-state index contributed by atoms with van der Waals surface area (Å²) >= 11 is 0. The van der Waals surface area contributed by atoms with Gasteiger partial charge in [-0.15, -0.1) is 0 Å². The fourth-order valence-electron chi connectivity index (χ4n) is 23.0. The third-order valence-electron chi connectivity index (χ3n) is 30.1. The van der Waals surface area contributed by atoms with Gasteiger partial charge in [0.15, 0.2) is 0 Å². The highest BCUT2D eigenvalue weighted by Crippen LogP contribution is 2.45. The smallest absolute Gasteiger partial charge is 0.0495 e. The van der Waals surface area contributed by atoms with E-state index in [-0.39, 0.29) is 0 Å². The van der Waals surface area contributed by atoms with E-state index >= 15 is 0 Å². The molecule has 0 atom stereocenters. The average molecular weight is 1770 g/mol. The number of hydrogen-bond acceptors (Lipinski definition) is 0. The van der Waals surface area contributed by atoms with Crippen LogP contribution in [0.15, 0.2) is 400 Å². The predicted octanol–water partition coefficient (Wildman–Crippen LogP) is 35.7. The SMILES string of the molecule is Cc1ccc2c3c4cc5ccccc5cc4ccc3n(C)c2c1.Cc1ccc2c3c4cc5ccccc5cc4ccc3n(C)c2c1.Cc1ccc2c3c4cc5ccccc5cc4ccc3n(C)c2c1.Cc1ccc2c3c4cc5ccccc5cc4ccc3n(C)c2c1.Cc1ccc2c3c4cc5ccccc5cc4ccc3n(C)c2c1.Cc1ccc2c3c4cc5ccccc5cc4ccc3n(C)c2c1. The molecule has 6 heteroatoms. The molecule has 0 amide bonds. The van der Waals surface area contributed by atoms with Crippen LogP contribution in [-0.2, 0) is 42.3 Å². The first-order valence-corrected chi connectivity index (χ1v) is 48.2. The zero-order chi connectivity index (χ0) is 93.3. The lowest BCUT2D eigenvalue weighted by atomic mass is 9.99. The zero-order valence-corrected chi connectivity index (χ0v) is 79.8. The van der Waals surface area contributed by atoms with E-state index in [1.54, 1.807) is 0 Å². The number of hydrogen-bond donors (Lipinski definition) is 0. The Morgan fingerprint density at radius 3 is 0.377 bits per heavy atom. The molecule has 0 radical (unpaired) electrons. The molecule has 0 aliphatic carbocycles. The van der Waals surface area contributed by atoms with E-state index in [0.717, 1.165) is 0 Å². The number of aryl methyl sites for hydroxylation is 12. The van der Waals surface area contributed by atoms with Crippen molar-refractivity contribution in [3.63, 3.8) is 0 Å². The summed E-state index contributed by atoms with van der Waals surface area (Å²) in [5, 5.41) is 47.8. The molecule has 0 aliphatic heterocycles. The van der Waals surface area contributed by atoms with Crippen LogP contribution in [0.1, 0.15) is 33.4 Å². The fraction of sp³-hybridized carbons (Fsp3) is 0.0909. The summed E-state index contributed by atoms with van der Waals surface area (Å²) in [5.74, 6) is 0. The Labute approximate surface area is 799 Å². The Morgan fingerprint density at radius 1 is 0.109 bits per heavy atom. The molecule has 660 valence electrons. The number of aromatic nitrogens is 6. The van der Waals surface area contributed by atoms with Crippen LogP contribution in [0.25, 0.3) is 260 Å². The second-order valence-corrected chi connectivity index (χ2v) is 38.8. The van der Waals surface area contributed by atoms with E-state index in [9.17, 15) is 0 Å². The lowest BCUT2D eigenvalue weighted by Gasteiger charge is -2.05. The van der Waals surface area contributed by atoms with Gasteiger partial charge in [0.05, 0.1) is 0 Å². The van der Waals surface area contributed by atoms with Crippen molar-refractivity contribution in [2.75, 3.05) is 0 Å². The van der Waals surface area contributed by atoms with Crippen LogP contribution in [0.2, 0.25) is 0 Å². The van der Waals surface area contributed by atoms with E-state index in [1.165, 1.54) is 293 Å². The summed E-state index contributed by atoms with van der Waals surface area (Å²) in [6.45, 7) is 12.9. The molecular weight excluding hydrogens is 1670 g/mol. The molecule has 30 rings (SSSR count). The zero-order valence-electron chi connectivity index (χ0n) is 79.8. The van der Waals surface area contributed by atoms with Crippen molar-refractivity contribution in [2.45, 2.75) is 41.5 Å². The van der Waals surface area contributed by atoms with Crippen LogP contribution in [0.4, 0.5) is 0 Å². The normalized spacial score (nSPS) is 11.9. The Hall–Kier alpha value is -16.8. The van der Waals surface area contributed by atoms with Crippen LogP contribution in [0.5, 0.6) is 0 Å². The molecule has 0 saturated carbocycles. The van der Waals surface area contributed by atoms with E-state index in [0.29, 0.717) is 0 Å². The quantitative estimate of drug-likeness (QED) is 0.135. The summed E-state index contributed by atoms with van der Waals surface area (Å²) in [6.07, 6.45) is 0. The maximum atomic E-state index is 2.34. The van der Waals surface area contributed by atoms with Gasteiger partial charge in [0.1, 0.15) is 0 Å². The number of nitrogens with zero attached hydrogens (tertiary/aromatic N) is 6. The van der Waals surface area contributed by atoms with Crippen LogP contribution < -0.4 is 0 Å². The predicted molar refractivity (Wildman–Crippen MR) is 601 cm³/mol. The minimum Gasteiger partial charge on any atom is -0.344 e. The van der Waals surface area contributed by atoms with E-state index in [4.69, 9.17) is 0 Å². The highest BCUT2D eigenvalue weighted by Gasteiger charge is 2.21. The van der Waals surface area contributed by atoms with Crippen molar-refractivity contribution < 1.29 is 0 Å². The molecule has 0 unspecified atom stereocenters. The molecule has 6 aromatic heterocycles. The first-order valence-electron chi connectivity index (χ1n) is 48.2. The molecule has 6 nitrogen and oxygen atoms in total. The maximum absolute atomic E-state index is 2.34. The van der Waals surface area contributed by atoms with E-state index < -0.39 is 0 Å². The van der Waals surface area contributed by atoms with Crippen LogP contribution >= 0.6 is 0 Å². The monoisotopic (exact) mass is 1770 g/mol. The first-order chi connectivity index (χ1) is 67.3. The third kappa shape index (κ3) is 13.7. The standard InChI is InChI=1S/6C22H17N/c6*1-14-7-9-18-21(11-14)23(2)20-10-8-17-12-15-5-3-4-6-16(15)13-19(17)22(18)20/h6*3-13H,1-2H3. The Kier molecular flexibility index (Phi) is 19.6. The molecule has 6 heterocycles. The van der Waals surface area contributed by atoms with Gasteiger partial charge in [0, 0.05) is 173 Å². The number of fused-ring (bicyclic) bond motifs is 36. The molecule has 0 aliphatic rings. The summed E-state index contributed by atoms with van der Waals surface area (Å²) in [5.41, 5.74) is 23.5. The van der Waals surface area contributed by atoms with Gasteiger partial charge in [0.25, 0.3) is 0 Å². The number of benzene rings is 24. The number of rotatable bonds is 0. The summed E-state index contributed by atoms with van der Waals surface area (Å²) in [7, 11) is 13.0.